The number of hydrogen-bond acceptors (Lipinski definition) is 4. The van der Waals surface area contributed by atoms with Gasteiger partial charge in [0, 0.05) is 3.57 Å². The molecule has 1 aliphatic rings. The van der Waals surface area contributed by atoms with E-state index in [2.05, 4.69) is 27.9 Å². The van der Waals surface area contributed by atoms with Crippen LogP contribution < -0.4 is 10.4 Å². The average Bonchev–Trinajstić information content (AvgIpc) is 2.84. The first-order valence-corrected chi connectivity index (χ1v) is 10.3. The number of hydrogen-bond donors (Lipinski definition) is 1. The minimum Gasteiger partial charge on any atom is -0.548 e. The Morgan fingerprint density at radius 2 is 1.60 bits per heavy atom. The zero-order valence-corrected chi connectivity index (χ0v) is 17.8. The summed E-state index contributed by atoms with van der Waals surface area (Å²) in [5, 5.41) is 15.1. The molecule has 0 saturated carbocycles. The highest BCUT2D eigenvalue weighted by molar-refractivity contribution is 14.1. The Balaban J connectivity index is 1.96. The average molecular weight is 511 g/mol. The summed E-state index contributed by atoms with van der Waals surface area (Å²) in [4.78, 5) is 40.3. The molecule has 0 saturated heterocycles. The van der Waals surface area contributed by atoms with Crippen LogP contribution in [0.1, 0.15) is 33.6 Å². The molecule has 0 aliphatic carbocycles. The summed E-state index contributed by atoms with van der Waals surface area (Å²) < 4.78 is 0.789. The van der Waals surface area contributed by atoms with Crippen molar-refractivity contribution >= 4 is 46.1 Å². The van der Waals surface area contributed by atoms with Crippen LogP contribution in [-0.4, -0.2) is 22.7 Å². The van der Waals surface area contributed by atoms with Gasteiger partial charge in [-0.15, -0.1) is 0 Å². The van der Waals surface area contributed by atoms with Gasteiger partial charge < -0.3 is 20.1 Å². The summed E-state index contributed by atoms with van der Waals surface area (Å²) in [6.45, 7) is 0. The molecule has 2 atom stereocenters. The van der Waals surface area contributed by atoms with Gasteiger partial charge in [0.15, 0.2) is 0 Å². The van der Waals surface area contributed by atoms with Gasteiger partial charge in [-0.25, -0.2) is 0 Å². The number of nitrogens with one attached hydrogen (secondary N) is 1. The topological polar surface area (TPSA) is 89.5 Å². The summed E-state index contributed by atoms with van der Waals surface area (Å²) >= 11 is 2.07. The quantitative estimate of drug-likeness (QED) is 0.546. The van der Waals surface area contributed by atoms with Gasteiger partial charge in [0.05, 0.1) is 23.3 Å². The van der Waals surface area contributed by atoms with Gasteiger partial charge >= 0.3 is 0 Å². The number of carbonyl (C=O) groups excluding carboxylic acids is 3. The van der Waals surface area contributed by atoms with Crippen LogP contribution in [0.3, 0.4) is 0 Å². The van der Waals surface area contributed by atoms with E-state index in [-0.39, 0.29) is 5.56 Å². The standard InChI is InChI=1S/C23H17IN2O4/c24-16-11-12-18-17(13-16)22(28)26(20(23(29)30)15-9-5-2-6-10-15)19(21(27)25-18)14-7-3-1-4-8-14/h1-13,19-20H,(H,25,27)(H,29,30)/p-1. The van der Waals surface area contributed by atoms with E-state index < -0.39 is 29.9 Å². The third-order valence-electron chi connectivity index (χ3n) is 4.96. The molecule has 2 amide bonds. The highest BCUT2D eigenvalue weighted by Gasteiger charge is 2.41. The number of carbonyl (C=O) groups is 3. The number of benzene rings is 3. The van der Waals surface area contributed by atoms with Crippen molar-refractivity contribution in [1.29, 1.82) is 0 Å². The Hall–Kier alpha value is -3.20. The molecule has 7 heteroatoms. The number of fused-ring (bicyclic) bond motifs is 1. The molecule has 1 heterocycles. The molecule has 30 heavy (non-hydrogen) atoms. The maximum atomic E-state index is 13.7. The second-order valence-corrected chi connectivity index (χ2v) is 8.08. The van der Waals surface area contributed by atoms with E-state index in [1.165, 1.54) is 0 Å². The Labute approximate surface area is 186 Å². The van der Waals surface area contributed by atoms with E-state index in [1.807, 2.05) is 0 Å². The van der Waals surface area contributed by atoms with Crippen LogP contribution >= 0.6 is 22.6 Å². The molecule has 0 bridgehead atoms. The van der Waals surface area contributed by atoms with E-state index in [0.29, 0.717) is 16.8 Å². The number of halogens is 1. The van der Waals surface area contributed by atoms with Crippen LogP contribution in [0.25, 0.3) is 0 Å². The number of amides is 2. The normalized spacial score (nSPS) is 17.0. The van der Waals surface area contributed by atoms with Gasteiger partial charge in [0.2, 0.25) is 0 Å². The molecule has 2 unspecified atom stereocenters. The third kappa shape index (κ3) is 3.68. The van der Waals surface area contributed by atoms with E-state index in [0.717, 1.165) is 8.47 Å². The first kappa shape index (κ1) is 20.1. The van der Waals surface area contributed by atoms with Crippen molar-refractivity contribution < 1.29 is 19.5 Å². The van der Waals surface area contributed by atoms with Crippen molar-refractivity contribution in [2.75, 3.05) is 5.32 Å². The number of carboxylic acid groups (broad SMARTS) is 1. The van der Waals surface area contributed by atoms with Crippen molar-refractivity contribution in [2.24, 2.45) is 0 Å². The lowest BCUT2D eigenvalue weighted by molar-refractivity contribution is -0.311. The largest absolute Gasteiger partial charge is 0.548 e. The Morgan fingerprint density at radius 1 is 0.967 bits per heavy atom. The third-order valence-corrected chi connectivity index (χ3v) is 5.63. The number of rotatable bonds is 4. The van der Waals surface area contributed by atoms with E-state index in [4.69, 9.17) is 0 Å². The van der Waals surface area contributed by atoms with Crippen LogP contribution in [0.4, 0.5) is 5.69 Å². The maximum absolute atomic E-state index is 13.7. The van der Waals surface area contributed by atoms with Crippen molar-refractivity contribution in [2.45, 2.75) is 12.1 Å². The molecule has 150 valence electrons. The smallest absolute Gasteiger partial charge is 0.257 e. The predicted molar refractivity (Wildman–Crippen MR) is 117 cm³/mol. The molecule has 3 aromatic rings. The van der Waals surface area contributed by atoms with Crippen LogP contribution in [0.2, 0.25) is 0 Å². The van der Waals surface area contributed by atoms with Gasteiger partial charge in [0.25, 0.3) is 11.8 Å². The molecule has 1 aliphatic heterocycles. The number of carboxylic acids is 1. The summed E-state index contributed by atoms with van der Waals surface area (Å²) in [6, 6.07) is 19.4. The Kier molecular flexibility index (Phi) is 5.54. The monoisotopic (exact) mass is 511 g/mol. The fourth-order valence-corrected chi connectivity index (χ4v) is 4.14. The SMILES string of the molecule is O=C([O-])C(c1ccccc1)N1C(=O)c2cc(I)ccc2NC(=O)C1c1ccccc1. The van der Waals surface area contributed by atoms with E-state index in [1.54, 1.807) is 78.9 Å². The summed E-state index contributed by atoms with van der Waals surface area (Å²) in [5.41, 5.74) is 1.44. The maximum Gasteiger partial charge on any atom is 0.257 e. The molecule has 1 N–H and O–H groups in total. The van der Waals surface area contributed by atoms with Gasteiger partial charge in [-0.3, -0.25) is 9.59 Å². The first-order chi connectivity index (χ1) is 14.5. The second kappa shape index (κ2) is 8.27. The van der Waals surface area contributed by atoms with Crippen molar-refractivity contribution in [1.82, 2.24) is 4.90 Å². The number of anilines is 1. The molecule has 4 rings (SSSR count). The van der Waals surface area contributed by atoms with E-state index >= 15 is 0 Å². The molecular formula is C23H16IN2O4-. The molecule has 0 fully saturated rings. The first-order valence-electron chi connectivity index (χ1n) is 9.21. The fraction of sp³-hybridized carbons (Fsp3) is 0.0870. The van der Waals surface area contributed by atoms with Gasteiger partial charge in [-0.1, -0.05) is 60.7 Å². The molecule has 0 radical (unpaired) electrons. The van der Waals surface area contributed by atoms with Crippen molar-refractivity contribution in [3.05, 3.63) is 99.1 Å². The lowest BCUT2D eigenvalue weighted by Gasteiger charge is -2.37. The highest BCUT2D eigenvalue weighted by Crippen LogP contribution is 2.37. The Bertz CT molecular complexity index is 1120. The lowest BCUT2D eigenvalue weighted by atomic mass is 9.98. The van der Waals surface area contributed by atoms with Gasteiger partial charge in [0.1, 0.15) is 6.04 Å². The molecular weight excluding hydrogens is 495 g/mol. The Morgan fingerprint density at radius 3 is 2.23 bits per heavy atom. The summed E-state index contributed by atoms with van der Waals surface area (Å²) in [5.74, 6) is -2.51. The van der Waals surface area contributed by atoms with Crippen molar-refractivity contribution in [3.8, 4) is 0 Å². The molecule has 3 aromatic carbocycles. The van der Waals surface area contributed by atoms with Gasteiger partial charge in [-0.05, 0) is 51.9 Å². The van der Waals surface area contributed by atoms with E-state index in [9.17, 15) is 19.5 Å². The minimum atomic E-state index is -1.46. The highest BCUT2D eigenvalue weighted by atomic mass is 127. The summed E-state index contributed by atoms with van der Waals surface area (Å²) in [6.07, 6.45) is 0. The van der Waals surface area contributed by atoms with Gasteiger partial charge in [-0.2, -0.15) is 0 Å². The minimum absolute atomic E-state index is 0.232. The van der Waals surface area contributed by atoms with Crippen LogP contribution in [0.15, 0.2) is 78.9 Å². The second-order valence-electron chi connectivity index (χ2n) is 6.84. The van der Waals surface area contributed by atoms with Crippen molar-refractivity contribution in [3.63, 3.8) is 0 Å². The molecule has 0 aromatic heterocycles. The van der Waals surface area contributed by atoms with Crippen LogP contribution in [0, 0.1) is 3.57 Å². The number of nitrogens with zero attached hydrogens (tertiary/aromatic N) is 1. The predicted octanol–water partition coefficient (Wildman–Crippen LogP) is 2.92. The lowest BCUT2D eigenvalue weighted by Crippen LogP contribution is -2.48. The number of aliphatic carboxylic acids is 1. The van der Waals surface area contributed by atoms with Crippen LogP contribution in [0.5, 0.6) is 0 Å². The zero-order valence-electron chi connectivity index (χ0n) is 15.6. The summed E-state index contributed by atoms with van der Waals surface area (Å²) in [7, 11) is 0. The van der Waals surface area contributed by atoms with Crippen LogP contribution in [-0.2, 0) is 9.59 Å². The fourth-order valence-electron chi connectivity index (χ4n) is 3.65. The molecule has 0 spiro atoms. The zero-order chi connectivity index (χ0) is 21.3. The molecule has 6 nitrogen and oxygen atoms in total.